The maximum atomic E-state index is 12.9. The maximum absolute atomic E-state index is 12.9. The van der Waals surface area contributed by atoms with E-state index in [1.165, 1.54) is 0 Å². The number of nitrogens with one attached hydrogen (secondary N) is 1. The summed E-state index contributed by atoms with van der Waals surface area (Å²) < 4.78 is 24.0. The fourth-order valence-electron chi connectivity index (χ4n) is 2.68. The van der Waals surface area contributed by atoms with Crippen LogP contribution in [0.4, 0.5) is 0 Å². The number of carbonyl (C=O) groups is 1. The lowest BCUT2D eigenvalue weighted by Crippen LogP contribution is -2.38. The standard InChI is InChI=1S/C21H29ClNO4P/c1-15(2)13-18(20(24)26-14-21(3,4)5)23-28(22,25)27-19-12-8-10-16-9-6-7-11-17(16)19/h6-12,15,18H,13-14H2,1-5H3,(H,23,25)/t18-,28?/m0/s1. The van der Waals surface area contributed by atoms with Crippen LogP contribution in [0, 0.1) is 11.3 Å². The topological polar surface area (TPSA) is 64.6 Å². The zero-order valence-corrected chi connectivity index (χ0v) is 18.7. The fourth-order valence-corrected chi connectivity index (χ4v) is 4.30. The Morgan fingerprint density at radius 1 is 1.14 bits per heavy atom. The molecule has 154 valence electrons. The predicted molar refractivity (Wildman–Crippen MR) is 115 cm³/mol. The van der Waals surface area contributed by atoms with Crippen molar-refractivity contribution < 1.29 is 18.6 Å². The van der Waals surface area contributed by atoms with Gasteiger partial charge in [-0.25, -0.2) is 9.65 Å². The van der Waals surface area contributed by atoms with Crippen LogP contribution in [0.25, 0.3) is 10.8 Å². The molecule has 0 saturated heterocycles. The number of fused-ring (bicyclic) bond motifs is 1. The summed E-state index contributed by atoms with van der Waals surface area (Å²) >= 11 is 6.20. The number of halogens is 1. The molecule has 2 rings (SSSR count). The van der Waals surface area contributed by atoms with Gasteiger partial charge in [0.25, 0.3) is 0 Å². The molecule has 7 heteroatoms. The molecule has 0 aliphatic rings. The van der Waals surface area contributed by atoms with Crippen LogP contribution >= 0.6 is 18.1 Å². The van der Waals surface area contributed by atoms with Gasteiger partial charge in [-0.3, -0.25) is 4.79 Å². The molecule has 1 N–H and O–H groups in total. The molecule has 1 unspecified atom stereocenters. The molecule has 0 fully saturated rings. The van der Waals surface area contributed by atoms with Gasteiger partial charge in [0.15, 0.2) is 0 Å². The SMILES string of the molecule is CC(C)C[C@H](NP(=O)(Cl)Oc1cccc2ccccc12)C(=O)OCC(C)(C)C. The summed E-state index contributed by atoms with van der Waals surface area (Å²) in [5, 5.41) is 4.44. The molecular weight excluding hydrogens is 397 g/mol. The summed E-state index contributed by atoms with van der Waals surface area (Å²) in [7, 11) is 0. The number of esters is 1. The van der Waals surface area contributed by atoms with Crippen molar-refractivity contribution in [3.05, 3.63) is 42.5 Å². The first-order valence-corrected chi connectivity index (χ1v) is 11.9. The third-order valence-corrected chi connectivity index (χ3v) is 5.47. The molecule has 0 aliphatic heterocycles. The van der Waals surface area contributed by atoms with Gasteiger partial charge in [-0.1, -0.05) is 71.0 Å². The van der Waals surface area contributed by atoms with Crippen molar-refractivity contribution in [2.75, 3.05) is 6.61 Å². The van der Waals surface area contributed by atoms with E-state index in [4.69, 9.17) is 20.5 Å². The Kier molecular flexibility index (Phi) is 7.55. The third kappa shape index (κ3) is 7.12. The number of hydrogen-bond acceptors (Lipinski definition) is 4. The Labute approximate surface area is 172 Å². The minimum absolute atomic E-state index is 0.165. The van der Waals surface area contributed by atoms with Gasteiger partial charge in [0.1, 0.15) is 11.8 Å². The maximum Gasteiger partial charge on any atom is 0.409 e. The Morgan fingerprint density at radius 2 is 1.79 bits per heavy atom. The molecule has 0 bridgehead atoms. The number of rotatable bonds is 8. The van der Waals surface area contributed by atoms with Crippen LogP contribution in [0.1, 0.15) is 41.0 Å². The normalized spacial score (nSPS) is 15.2. The molecule has 0 amide bonds. The second kappa shape index (κ2) is 9.30. The highest BCUT2D eigenvalue weighted by atomic mass is 35.7. The van der Waals surface area contributed by atoms with E-state index in [9.17, 15) is 9.36 Å². The zero-order chi connectivity index (χ0) is 20.9. The van der Waals surface area contributed by atoms with Gasteiger partial charge in [-0.15, -0.1) is 0 Å². The molecule has 2 aromatic rings. The van der Waals surface area contributed by atoms with Crippen molar-refractivity contribution in [2.24, 2.45) is 11.3 Å². The van der Waals surface area contributed by atoms with Gasteiger partial charge < -0.3 is 9.26 Å². The monoisotopic (exact) mass is 425 g/mol. The smallest absolute Gasteiger partial charge is 0.409 e. The molecule has 0 spiro atoms. The third-order valence-electron chi connectivity index (χ3n) is 3.91. The van der Waals surface area contributed by atoms with Gasteiger partial charge >= 0.3 is 12.8 Å². The second-order valence-electron chi connectivity index (χ2n) is 8.53. The highest BCUT2D eigenvalue weighted by Crippen LogP contribution is 2.50. The van der Waals surface area contributed by atoms with E-state index < -0.39 is 18.9 Å². The molecule has 0 aliphatic carbocycles. The summed E-state index contributed by atoms with van der Waals surface area (Å²) in [6, 6.07) is 12.2. The van der Waals surface area contributed by atoms with Crippen molar-refractivity contribution in [3.63, 3.8) is 0 Å². The van der Waals surface area contributed by atoms with Gasteiger partial charge in [0.05, 0.1) is 6.61 Å². The number of benzene rings is 2. The average Bonchev–Trinajstić information content (AvgIpc) is 2.58. The molecule has 2 aromatic carbocycles. The molecule has 0 saturated carbocycles. The van der Waals surface area contributed by atoms with Gasteiger partial charge in [-0.05, 0) is 29.2 Å². The van der Waals surface area contributed by atoms with E-state index in [1.807, 2.05) is 65.0 Å². The first kappa shape index (κ1) is 22.7. The van der Waals surface area contributed by atoms with E-state index in [0.717, 1.165) is 10.8 Å². The quantitative estimate of drug-likeness (QED) is 0.405. The molecule has 0 heterocycles. The van der Waals surface area contributed by atoms with E-state index in [2.05, 4.69) is 5.09 Å². The van der Waals surface area contributed by atoms with Crippen molar-refractivity contribution in [3.8, 4) is 5.75 Å². The van der Waals surface area contributed by atoms with Crippen LogP contribution in [0.2, 0.25) is 0 Å². The van der Waals surface area contributed by atoms with Gasteiger partial charge in [0.2, 0.25) is 0 Å². The molecule has 5 nitrogen and oxygen atoms in total. The van der Waals surface area contributed by atoms with Crippen molar-refractivity contribution in [1.82, 2.24) is 5.09 Å². The van der Waals surface area contributed by atoms with Crippen LogP contribution < -0.4 is 9.61 Å². The second-order valence-corrected chi connectivity index (χ2v) is 11.3. The van der Waals surface area contributed by atoms with Crippen LogP contribution in [-0.4, -0.2) is 18.6 Å². The van der Waals surface area contributed by atoms with E-state index >= 15 is 0 Å². The van der Waals surface area contributed by atoms with Crippen LogP contribution in [0.5, 0.6) is 5.75 Å². The largest absolute Gasteiger partial charge is 0.464 e. The first-order chi connectivity index (χ1) is 13.0. The highest BCUT2D eigenvalue weighted by Gasteiger charge is 2.32. The van der Waals surface area contributed by atoms with Crippen LogP contribution in [0.15, 0.2) is 42.5 Å². The van der Waals surface area contributed by atoms with Gasteiger partial charge in [0, 0.05) is 16.6 Å². The minimum atomic E-state index is -3.83. The minimum Gasteiger partial charge on any atom is -0.464 e. The number of hydrogen-bond donors (Lipinski definition) is 1. The number of carbonyl (C=O) groups excluding carboxylic acids is 1. The summed E-state index contributed by atoms with van der Waals surface area (Å²) in [5.74, 6) is 0.0928. The lowest BCUT2D eigenvalue weighted by molar-refractivity contribution is -0.148. The van der Waals surface area contributed by atoms with Crippen LogP contribution in [0.3, 0.4) is 0 Å². The Morgan fingerprint density at radius 3 is 2.43 bits per heavy atom. The molecular formula is C21H29ClNO4P. The molecule has 0 aromatic heterocycles. The van der Waals surface area contributed by atoms with Gasteiger partial charge in [-0.2, -0.15) is 0 Å². The van der Waals surface area contributed by atoms with Crippen molar-refractivity contribution >= 4 is 34.9 Å². The number of ether oxygens (including phenoxy) is 1. The van der Waals surface area contributed by atoms with Crippen molar-refractivity contribution in [1.29, 1.82) is 0 Å². The van der Waals surface area contributed by atoms with Crippen LogP contribution in [-0.2, 0) is 14.1 Å². The summed E-state index contributed by atoms with van der Waals surface area (Å²) in [6.07, 6.45) is 0.429. The predicted octanol–water partition coefficient (Wildman–Crippen LogP) is 6.16. The zero-order valence-electron chi connectivity index (χ0n) is 17.1. The molecule has 0 radical (unpaired) electrons. The Bertz CT molecular complexity index is 858. The van der Waals surface area contributed by atoms with E-state index in [-0.39, 0.29) is 17.9 Å². The first-order valence-electron chi connectivity index (χ1n) is 9.38. The summed E-state index contributed by atoms with van der Waals surface area (Å²) in [6.45, 7) is 6.29. The summed E-state index contributed by atoms with van der Waals surface area (Å²) in [4.78, 5) is 12.5. The molecule has 2 atom stereocenters. The van der Waals surface area contributed by atoms with E-state index in [1.54, 1.807) is 12.1 Å². The lowest BCUT2D eigenvalue weighted by Gasteiger charge is -2.25. The highest BCUT2D eigenvalue weighted by molar-refractivity contribution is 7.84. The Hall–Kier alpha value is -1.55. The fraction of sp³-hybridized carbons (Fsp3) is 0.476. The summed E-state index contributed by atoms with van der Waals surface area (Å²) in [5.41, 5.74) is -0.165. The van der Waals surface area contributed by atoms with Crippen molar-refractivity contribution in [2.45, 2.75) is 47.1 Å². The molecule has 28 heavy (non-hydrogen) atoms. The van der Waals surface area contributed by atoms with E-state index in [0.29, 0.717) is 12.2 Å². The lowest BCUT2D eigenvalue weighted by atomic mass is 9.98. The average molecular weight is 426 g/mol. The Balaban J connectivity index is 2.17.